The van der Waals surface area contributed by atoms with Crippen LogP contribution in [0, 0.1) is 5.92 Å². The summed E-state index contributed by atoms with van der Waals surface area (Å²) in [5.41, 5.74) is 12.3. The number of hydrogen-bond acceptors (Lipinski definition) is 7. The third-order valence-electron chi connectivity index (χ3n) is 6.16. The molecule has 2 aliphatic heterocycles. The second kappa shape index (κ2) is 11.7. The molecule has 0 spiro atoms. The maximum atomic E-state index is 13.5. The van der Waals surface area contributed by atoms with Gasteiger partial charge in [0.1, 0.15) is 17.0 Å². The molecule has 2 heterocycles. The van der Waals surface area contributed by atoms with Gasteiger partial charge in [-0.15, -0.1) is 0 Å². The van der Waals surface area contributed by atoms with E-state index < -0.39 is 28.1 Å². The van der Waals surface area contributed by atoms with Gasteiger partial charge in [-0.3, -0.25) is 14.6 Å². The molecule has 0 bridgehead atoms. The highest BCUT2D eigenvalue weighted by molar-refractivity contribution is 7.89. The molecule has 0 aliphatic carbocycles. The van der Waals surface area contributed by atoms with Crippen molar-refractivity contribution in [1.29, 1.82) is 0 Å². The number of carbonyl (C=O) groups is 2. The molecule has 1 fully saturated rings. The van der Waals surface area contributed by atoms with E-state index in [4.69, 9.17) is 16.2 Å². The van der Waals surface area contributed by atoms with Crippen LogP contribution in [-0.4, -0.2) is 69.5 Å². The number of fused-ring (bicyclic) bond motifs is 1. The Kier molecular flexibility index (Phi) is 8.95. The maximum absolute atomic E-state index is 13.5. The van der Waals surface area contributed by atoms with E-state index in [1.165, 1.54) is 6.92 Å². The zero-order valence-electron chi connectivity index (χ0n) is 20.3. The van der Waals surface area contributed by atoms with Crippen LogP contribution in [0.3, 0.4) is 0 Å². The van der Waals surface area contributed by atoms with E-state index in [9.17, 15) is 18.0 Å². The van der Waals surface area contributed by atoms with Crippen molar-refractivity contribution in [3.63, 3.8) is 0 Å². The van der Waals surface area contributed by atoms with E-state index in [0.717, 1.165) is 12.0 Å². The summed E-state index contributed by atoms with van der Waals surface area (Å²) >= 11 is 0. The van der Waals surface area contributed by atoms with E-state index in [-0.39, 0.29) is 36.3 Å². The van der Waals surface area contributed by atoms with Crippen molar-refractivity contribution in [2.45, 2.75) is 63.0 Å². The van der Waals surface area contributed by atoms with E-state index in [2.05, 4.69) is 22.0 Å². The maximum Gasteiger partial charge on any atom is 0.302 e. The van der Waals surface area contributed by atoms with Crippen LogP contribution in [-0.2, 0) is 30.8 Å². The number of aliphatic imine (C=N–C) groups is 1. The van der Waals surface area contributed by atoms with Crippen molar-refractivity contribution < 1.29 is 22.7 Å². The topological polar surface area (TPSA) is 169 Å². The largest absolute Gasteiger partial charge is 0.461 e. The van der Waals surface area contributed by atoms with Crippen LogP contribution in [0.25, 0.3) is 0 Å². The van der Waals surface area contributed by atoms with Gasteiger partial charge in [0, 0.05) is 26.6 Å². The van der Waals surface area contributed by atoms with E-state index in [0.29, 0.717) is 44.0 Å². The molecule has 12 heteroatoms. The second-order valence-corrected chi connectivity index (χ2v) is 10.9. The van der Waals surface area contributed by atoms with Crippen LogP contribution < -0.4 is 21.5 Å². The summed E-state index contributed by atoms with van der Waals surface area (Å²) in [6.45, 7) is 5.06. The van der Waals surface area contributed by atoms with E-state index in [1.807, 2.05) is 6.07 Å². The Hall–Kier alpha value is -2.86. The molecule has 2 unspecified atom stereocenters. The minimum Gasteiger partial charge on any atom is -0.461 e. The normalized spacial score (nSPS) is 20.8. The van der Waals surface area contributed by atoms with Gasteiger partial charge in [-0.1, -0.05) is 19.1 Å². The number of sulfonamides is 1. The summed E-state index contributed by atoms with van der Waals surface area (Å²) < 4.78 is 34.9. The molecule has 6 N–H and O–H groups in total. The molecule has 194 valence electrons. The van der Waals surface area contributed by atoms with Crippen LogP contribution in [0.1, 0.15) is 45.1 Å². The Labute approximate surface area is 206 Å². The fourth-order valence-electron chi connectivity index (χ4n) is 4.57. The molecule has 35 heavy (non-hydrogen) atoms. The van der Waals surface area contributed by atoms with Gasteiger partial charge in [0.25, 0.3) is 0 Å². The molecule has 0 aromatic heterocycles. The summed E-state index contributed by atoms with van der Waals surface area (Å²) in [7, 11) is -4.02. The van der Waals surface area contributed by atoms with Crippen LogP contribution in [0.5, 0.6) is 0 Å². The van der Waals surface area contributed by atoms with Crippen LogP contribution in [0.2, 0.25) is 0 Å². The summed E-state index contributed by atoms with van der Waals surface area (Å²) in [6, 6.07) is 4.17. The summed E-state index contributed by atoms with van der Waals surface area (Å²) in [5.74, 6) is -0.441. The SMILES string of the molecule is CC(=O)OC1CCCN(C(=O)[C@H](CCCN=C(N)N)NS(=O)(=O)c2cccc3c2NCC(C)C3)C1. The Morgan fingerprint density at radius 1 is 1.34 bits per heavy atom. The first kappa shape index (κ1) is 26.7. The van der Waals surface area contributed by atoms with Crippen molar-refractivity contribution in [2.75, 3.05) is 31.5 Å². The molecule has 3 atom stereocenters. The second-order valence-electron chi connectivity index (χ2n) is 9.26. The van der Waals surface area contributed by atoms with Crippen LogP contribution in [0.15, 0.2) is 28.1 Å². The number of nitrogens with one attached hydrogen (secondary N) is 2. The molecule has 1 aromatic carbocycles. The molecule has 0 radical (unpaired) electrons. The van der Waals surface area contributed by atoms with Crippen LogP contribution in [0.4, 0.5) is 5.69 Å². The predicted octanol–water partition coefficient (Wildman–Crippen LogP) is 0.545. The first-order valence-corrected chi connectivity index (χ1v) is 13.4. The van der Waals surface area contributed by atoms with Crippen molar-refractivity contribution in [3.05, 3.63) is 23.8 Å². The molecule has 2 aliphatic rings. The highest BCUT2D eigenvalue weighted by atomic mass is 32.2. The quantitative estimate of drug-likeness (QED) is 0.162. The number of amides is 1. The van der Waals surface area contributed by atoms with Crippen LogP contribution >= 0.6 is 0 Å². The number of nitrogens with zero attached hydrogens (tertiary/aromatic N) is 2. The molecule has 3 rings (SSSR count). The van der Waals surface area contributed by atoms with Gasteiger partial charge >= 0.3 is 5.97 Å². The van der Waals surface area contributed by atoms with Gasteiger partial charge < -0.3 is 26.4 Å². The Balaban J connectivity index is 1.81. The molecule has 1 aromatic rings. The fourth-order valence-corrected chi connectivity index (χ4v) is 6.02. The number of anilines is 1. The lowest BCUT2D eigenvalue weighted by Gasteiger charge is -2.34. The summed E-state index contributed by atoms with van der Waals surface area (Å²) in [6.07, 6.45) is 2.30. The van der Waals surface area contributed by atoms with Crippen molar-refractivity contribution in [1.82, 2.24) is 9.62 Å². The number of rotatable bonds is 9. The number of esters is 1. The highest BCUT2D eigenvalue weighted by Crippen LogP contribution is 2.31. The molecule has 1 saturated heterocycles. The van der Waals surface area contributed by atoms with Crippen molar-refractivity contribution in [2.24, 2.45) is 22.4 Å². The summed E-state index contributed by atoms with van der Waals surface area (Å²) in [4.78, 5) is 30.5. The number of nitrogens with two attached hydrogens (primary N) is 2. The monoisotopic (exact) mass is 508 g/mol. The zero-order chi connectivity index (χ0) is 25.6. The molecule has 11 nitrogen and oxygen atoms in total. The smallest absolute Gasteiger partial charge is 0.302 e. The zero-order valence-corrected chi connectivity index (χ0v) is 21.1. The fraction of sp³-hybridized carbons (Fsp3) is 0.609. The number of piperidine rings is 1. The lowest BCUT2D eigenvalue weighted by atomic mass is 9.96. The number of carbonyl (C=O) groups excluding carboxylic acids is 2. The number of para-hydroxylation sites is 1. The number of benzene rings is 1. The number of hydrogen-bond donors (Lipinski definition) is 4. The Morgan fingerprint density at radius 3 is 2.83 bits per heavy atom. The standard InChI is InChI=1S/C23H36N6O5S/c1-15-12-17-6-3-9-20(21(17)27-13-15)35(32,33)28-19(8-4-10-26-23(24)25)22(31)29-11-5-7-18(14-29)34-16(2)30/h3,6,9,15,18-19,27-28H,4-5,7-8,10-14H2,1-2H3,(H4,24,25,26)/t15?,18?,19-/m0/s1. The third kappa shape index (κ3) is 7.31. The molecular formula is C23H36N6O5S. The van der Waals surface area contributed by atoms with Gasteiger partial charge in [-0.2, -0.15) is 4.72 Å². The Bertz CT molecular complexity index is 1060. The molecule has 0 saturated carbocycles. The van der Waals surface area contributed by atoms with Gasteiger partial charge in [0.05, 0.1) is 12.2 Å². The lowest BCUT2D eigenvalue weighted by molar-refractivity contribution is -0.152. The number of guanidine groups is 1. The van der Waals surface area contributed by atoms with Gasteiger partial charge in [0.15, 0.2) is 5.96 Å². The third-order valence-corrected chi connectivity index (χ3v) is 7.68. The minimum absolute atomic E-state index is 0.0649. The predicted molar refractivity (Wildman–Crippen MR) is 133 cm³/mol. The van der Waals surface area contributed by atoms with E-state index in [1.54, 1.807) is 17.0 Å². The van der Waals surface area contributed by atoms with Crippen molar-refractivity contribution >= 4 is 33.5 Å². The molecular weight excluding hydrogens is 472 g/mol. The number of ether oxygens (including phenoxy) is 1. The Morgan fingerprint density at radius 2 is 2.11 bits per heavy atom. The van der Waals surface area contributed by atoms with Crippen molar-refractivity contribution in [3.8, 4) is 0 Å². The van der Waals surface area contributed by atoms with E-state index >= 15 is 0 Å². The first-order valence-electron chi connectivity index (χ1n) is 12.0. The summed E-state index contributed by atoms with van der Waals surface area (Å²) in [5, 5.41) is 3.23. The lowest BCUT2D eigenvalue weighted by Crippen LogP contribution is -2.52. The average molecular weight is 509 g/mol. The van der Waals surface area contributed by atoms with Gasteiger partial charge in [-0.05, 0) is 49.7 Å². The first-order chi connectivity index (χ1) is 16.6. The average Bonchev–Trinajstić information content (AvgIpc) is 2.79. The van der Waals surface area contributed by atoms with Gasteiger partial charge in [0.2, 0.25) is 15.9 Å². The molecule has 1 amide bonds. The highest BCUT2D eigenvalue weighted by Gasteiger charge is 2.34. The number of likely N-dealkylation sites (tertiary alicyclic amines) is 1. The minimum atomic E-state index is -4.02. The van der Waals surface area contributed by atoms with Gasteiger partial charge in [-0.25, -0.2) is 8.42 Å².